The number of methoxy groups -OCH3 is 1. The van der Waals surface area contributed by atoms with Gasteiger partial charge in [0.05, 0.1) is 6.10 Å². The predicted molar refractivity (Wildman–Crippen MR) is 92.6 cm³/mol. The number of carbonyl (C=O) groups is 1. The van der Waals surface area contributed by atoms with Gasteiger partial charge in [0.1, 0.15) is 11.8 Å². The van der Waals surface area contributed by atoms with Crippen LogP contribution in [0.3, 0.4) is 0 Å². The number of nitrogens with zero attached hydrogens (tertiary/aromatic N) is 1. The molecule has 0 radical (unpaired) electrons. The van der Waals surface area contributed by atoms with E-state index >= 15 is 0 Å². The maximum atomic E-state index is 12.3. The molecule has 0 bridgehead atoms. The number of hydrogen-bond donors (Lipinski definition) is 2. The molecule has 0 unspecified atom stereocenters. The van der Waals surface area contributed by atoms with Gasteiger partial charge in [-0.1, -0.05) is 39.0 Å². The van der Waals surface area contributed by atoms with Crippen molar-refractivity contribution in [2.45, 2.75) is 51.8 Å². The number of benzene rings is 1. The third-order valence-corrected chi connectivity index (χ3v) is 3.99. The van der Waals surface area contributed by atoms with Crippen LogP contribution < -0.4 is 5.32 Å². The van der Waals surface area contributed by atoms with Crippen molar-refractivity contribution in [2.75, 3.05) is 21.2 Å². The van der Waals surface area contributed by atoms with Crippen LogP contribution in [0.2, 0.25) is 0 Å². The van der Waals surface area contributed by atoms with Crippen molar-refractivity contribution in [1.82, 2.24) is 10.2 Å². The quantitative estimate of drug-likeness (QED) is 0.843. The minimum absolute atomic E-state index is 0.0502. The Morgan fingerprint density at radius 3 is 2.43 bits per heavy atom. The van der Waals surface area contributed by atoms with Gasteiger partial charge in [-0.05, 0) is 17.9 Å². The van der Waals surface area contributed by atoms with Gasteiger partial charge in [0.15, 0.2) is 0 Å². The summed E-state index contributed by atoms with van der Waals surface area (Å²) in [6, 6.07) is 5.26. The standard InChI is InChI=1S/C18H30N2O3/c1-12(23-7)15(17(22)20(5)6)19-11-13-9-8-10-14(16(13)21)18(2,3)4/h8-10,12,15,19,21H,11H2,1-7H3/t12-,15+/m1/s1. The zero-order chi connectivity index (χ0) is 17.8. The normalized spacial score (nSPS) is 14.4. The van der Waals surface area contributed by atoms with Crippen molar-refractivity contribution in [3.63, 3.8) is 0 Å². The van der Waals surface area contributed by atoms with Crippen LogP contribution in [0.15, 0.2) is 18.2 Å². The van der Waals surface area contributed by atoms with Gasteiger partial charge < -0.3 is 14.7 Å². The molecule has 5 heteroatoms. The van der Waals surface area contributed by atoms with E-state index in [1.807, 2.05) is 25.1 Å². The van der Waals surface area contributed by atoms with Gasteiger partial charge in [0.25, 0.3) is 0 Å². The summed E-state index contributed by atoms with van der Waals surface area (Å²) < 4.78 is 5.31. The molecule has 2 atom stereocenters. The van der Waals surface area contributed by atoms with Crippen LogP contribution in [0.25, 0.3) is 0 Å². The zero-order valence-corrected chi connectivity index (χ0v) is 15.3. The Labute approximate surface area is 139 Å². The molecule has 5 nitrogen and oxygen atoms in total. The molecule has 0 saturated carbocycles. The second-order valence-electron chi connectivity index (χ2n) is 7.10. The Kier molecular flexibility index (Phi) is 6.59. The molecule has 1 aromatic carbocycles. The number of aromatic hydroxyl groups is 1. The highest BCUT2D eigenvalue weighted by Gasteiger charge is 2.27. The number of carbonyl (C=O) groups excluding carboxylic acids is 1. The van der Waals surface area contributed by atoms with E-state index in [9.17, 15) is 9.90 Å². The summed E-state index contributed by atoms with van der Waals surface area (Å²) in [6.45, 7) is 8.43. The van der Waals surface area contributed by atoms with Gasteiger partial charge in [0, 0.05) is 33.3 Å². The molecule has 0 aliphatic rings. The number of phenols is 1. The molecular weight excluding hydrogens is 292 g/mol. The smallest absolute Gasteiger partial charge is 0.241 e. The fourth-order valence-electron chi connectivity index (χ4n) is 2.43. The second-order valence-corrected chi connectivity index (χ2v) is 7.10. The zero-order valence-electron chi connectivity index (χ0n) is 15.3. The fraction of sp³-hybridized carbons (Fsp3) is 0.611. The number of likely N-dealkylation sites (N-methyl/N-ethyl adjacent to an activating group) is 1. The van der Waals surface area contributed by atoms with Gasteiger partial charge in [-0.25, -0.2) is 0 Å². The predicted octanol–water partition coefficient (Wildman–Crippen LogP) is 2.27. The van der Waals surface area contributed by atoms with Crippen molar-refractivity contribution in [3.8, 4) is 5.75 Å². The first-order valence-corrected chi connectivity index (χ1v) is 7.88. The van der Waals surface area contributed by atoms with Gasteiger partial charge in [0.2, 0.25) is 5.91 Å². The number of ether oxygens (including phenoxy) is 1. The van der Waals surface area contributed by atoms with Crippen molar-refractivity contribution in [1.29, 1.82) is 0 Å². The first-order chi connectivity index (χ1) is 10.6. The SMILES string of the molecule is CO[C@H](C)[C@H](NCc1cccc(C(C)(C)C)c1O)C(=O)N(C)C. The highest BCUT2D eigenvalue weighted by Crippen LogP contribution is 2.33. The van der Waals surface area contributed by atoms with Crippen LogP contribution in [0, 0.1) is 0 Å². The minimum atomic E-state index is -0.465. The number of nitrogens with one attached hydrogen (secondary N) is 1. The van der Waals surface area contributed by atoms with E-state index in [2.05, 4.69) is 26.1 Å². The van der Waals surface area contributed by atoms with Crippen LogP contribution in [0.1, 0.15) is 38.8 Å². The molecular formula is C18H30N2O3. The number of phenolic OH excluding ortho intramolecular Hbond substituents is 1. The van der Waals surface area contributed by atoms with E-state index in [1.54, 1.807) is 26.1 Å². The molecule has 1 aromatic rings. The van der Waals surface area contributed by atoms with Crippen molar-refractivity contribution >= 4 is 5.91 Å². The van der Waals surface area contributed by atoms with Gasteiger partial charge in [-0.3, -0.25) is 10.1 Å². The van der Waals surface area contributed by atoms with Gasteiger partial charge in [-0.2, -0.15) is 0 Å². The molecule has 0 fully saturated rings. The maximum absolute atomic E-state index is 12.3. The third kappa shape index (κ3) is 4.94. The van der Waals surface area contributed by atoms with Gasteiger partial charge >= 0.3 is 0 Å². The molecule has 23 heavy (non-hydrogen) atoms. The lowest BCUT2D eigenvalue weighted by Gasteiger charge is -2.27. The summed E-state index contributed by atoms with van der Waals surface area (Å²) in [6.07, 6.45) is -0.266. The lowest BCUT2D eigenvalue weighted by Crippen LogP contribution is -2.50. The summed E-state index contributed by atoms with van der Waals surface area (Å²) in [7, 11) is 5.02. The molecule has 0 saturated heterocycles. The lowest BCUT2D eigenvalue weighted by atomic mass is 9.85. The fourth-order valence-corrected chi connectivity index (χ4v) is 2.43. The Bertz CT molecular complexity index is 536. The van der Waals surface area contributed by atoms with Crippen LogP contribution in [0.5, 0.6) is 5.75 Å². The monoisotopic (exact) mass is 322 g/mol. The third-order valence-electron chi connectivity index (χ3n) is 3.99. The molecule has 1 amide bonds. The summed E-state index contributed by atoms with van der Waals surface area (Å²) in [5.74, 6) is 0.236. The second kappa shape index (κ2) is 7.79. The first-order valence-electron chi connectivity index (χ1n) is 7.88. The Balaban J connectivity index is 2.97. The molecule has 2 N–H and O–H groups in total. The summed E-state index contributed by atoms with van der Waals surface area (Å²) in [5, 5.41) is 13.7. The Morgan fingerprint density at radius 2 is 1.96 bits per heavy atom. The van der Waals surface area contributed by atoms with E-state index in [0.29, 0.717) is 6.54 Å². The molecule has 0 spiro atoms. The van der Waals surface area contributed by atoms with E-state index < -0.39 is 6.04 Å². The topological polar surface area (TPSA) is 61.8 Å². The maximum Gasteiger partial charge on any atom is 0.241 e. The highest BCUT2D eigenvalue weighted by atomic mass is 16.5. The van der Waals surface area contributed by atoms with Crippen LogP contribution in [-0.2, 0) is 21.5 Å². The highest BCUT2D eigenvalue weighted by molar-refractivity contribution is 5.82. The van der Waals surface area contributed by atoms with Crippen LogP contribution in [0.4, 0.5) is 0 Å². The first kappa shape index (κ1) is 19.5. The molecule has 130 valence electrons. The number of hydrogen-bond acceptors (Lipinski definition) is 4. The minimum Gasteiger partial charge on any atom is -0.507 e. The van der Waals surface area contributed by atoms with E-state index in [-0.39, 0.29) is 23.2 Å². The number of amides is 1. The molecule has 0 aliphatic heterocycles. The van der Waals surface area contributed by atoms with E-state index in [1.165, 1.54) is 0 Å². The summed E-state index contributed by atoms with van der Waals surface area (Å²) >= 11 is 0. The van der Waals surface area contributed by atoms with E-state index in [0.717, 1.165) is 11.1 Å². The van der Waals surface area contributed by atoms with Crippen molar-refractivity contribution in [2.24, 2.45) is 0 Å². The van der Waals surface area contributed by atoms with Crippen molar-refractivity contribution in [3.05, 3.63) is 29.3 Å². The Hall–Kier alpha value is -1.59. The average molecular weight is 322 g/mol. The van der Waals surface area contributed by atoms with E-state index in [4.69, 9.17) is 4.74 Å². The molecule has 0 aromatic heterocycles. The number of para-hydroxylation sites is 1. The Morgan fingerprint density at radius 1 is 1.35 bits per heavy atom. The molecule has 1 rings (SSSR count). The van der Waals surface area contributed by atoms with Gasteiger partial charge in [-0.15, -0.1) is 0 Å². The average Bonchev–Trinajstić information content (AvgIpc) is 2.46. The lowest BCUT2D eigenvalue weighted by molar-refractivity contribution is -0.134. The molecule has 0 aliphatic carbocycles. The summed E-state index contributed by atoms with van der Waals surface area (Å²) in [5.41, 5.74) is 1.53. The van der Waals surface area contributed by atoms with Crippen molar-refractivity contribution < 1.29 is 14.6 Å². The van der Waals surface area contributed by atoms with Crippen LogP contribution >= 0.6 is 0 Å². The van der Waals surface area contributed by atoms with Crippen LogP contribution in [-0.4, -0.2) is 49.3 Å². The molecule has 0 heterocycles. The number of rotatable bonds is 6. The summed E-state index contributed by atoms with van der Waals surface area (Å²) in [4.78, 5) is 13.8. The largest absolute Gasteiger partial charge is 0.507 e.